The fourth-order valence-corrected chi connectivity index (χ4v) is 3.52. The minimum absolute atomic E-state index is 0.168. The zero-order valence-corrected chi connectivity index (χ0v) is 15.3. The van der Waals surface area contributed by atoms with Gasteiger partial charge in [0.1, 0.15) is 17.7 Å². The van der Waals surface area contributed by atoms with Gasteiger partial charge in [-0.15, -0.1) is 5.10 Å². The molecule has 0 bridgehead atoms. The largest absolute Gasteiger partial charge is 0.378 e. The van der Waals surface area contributed by atoms with E-state index < -0.39 is 10.1 Å². The molecule has 0 N–H and O–H groups in total. The topological polar surface area (TPSA) is 91.4 Å². The average Bonchev–Trinajstić information content (AvgIpc) is 3.08. The van der Waals surface area contributed by atoms with Crippen LogP contribution in [0, 0.1) is 34.6 Å². The van der Waals surface area contributed by atoms with Gasteiger partial charge < -0.3 is 4.18 Å². The third-order valence-corrected chi connectivity index (χ3v) is 5.34. The highest BCUT2D eigenvalue weighted by atomic mass is 32.2. The molecule has 0 aliphatic heterocycles. The van der Waals surface area contributed by atoms with Gasteiger partial charge in [-0.1, -0.05) is 0 Å². The van der Waals surface area contributed by atoms with Crippen LogP contribution >= 0.6 is 0 Å². The monoisotopic (exact) mass is 349 g/mol. The van der Waals surface area contributed by atoms with Gasteiger partial charge in [-0.05, 0) is 51.3 Å². The molecule has 0 saturated heterocycles. The van der Waals surface area contributed by atoms with Crippen molar-refractivity contribution < 1.29 is 12.6 Å². The number of pyridine rings is 1. The van der Waals surface area contributed by atoms with Crippen LogP contribution in [0.3, 0.4) is 0 Å². The summed E-state index contributed by atoms with van der Waals surface area (Å²) < 4.78 is 33.3. The van der Waals surface area contributed by atoms with E-state index in [1.165, 1.54) is 11.0 Å². The summed E-state index contributed by atoms with van der Waals surface area (Å²) in [7, 11) is -2.54. The van der Waals surface area contributed by atoms with Gasteiger partial charge in [0.25, 0.3) is 0 Å². The molecule has 9 heteroatoms. The summed E-state index contributed by atoms with van der Waals surface area (Å²) in [6, 6.07) is 0. The Bertz CT molecular complexity index is 1060. The molecule has 0 radical (unpaired) electrons. The van der Waals surface area contributed by atoms with Gasteiger partial charge in [0.15, 0.2) is 0 Å². The molecule has 8 nitrogen and oxygen atoms in total. The number of aryl methyl sites for hydroxylation is 4. The van der Waals surface area contributed by atoms with E-state index in [9.17, 15) is 8.42 Å². The lowest BCUT2D eigenvalue weighted by Gasteiger charge is -2.13. The Hall–Kier alpha value is -2.42. The van der Waals surface area contributed by atoms with Crippen molar-refractivity contribution in [2.45, 2.75) is 39.8 Å². The molecule has 0 atom stereocenters. The molecule has 3 rings (SSSR count). The van der Waals surface area contributed by atoms with Crippen molar-refractivity contribution in [1.29, 1.82) is 0 Å². The van der Waals surface area contributed by atoms with E-state index in [-0.39, 0.29) is 11.0 Å². The third kappa shape index (κ3) is 2.35. The highest BCUT2D eigenvalue weighted by Crippen LogP contribution is 2.30. The van der Waals surface area contributed by atoms with Crippen molar-refractivity contribution in [2.75, 3.05) is 0 Å². The van der Waals surface area contributed by atoms with Crippen LogP contribution in [0.1, 0.15) is 28.1 Å². The number of rotatable bonds is 3. The molecule has 0 amide bonds. The number of aromatic nitrogens is 5. The van der Waals surface area contributed by atoms with Crippen LogP contribution in [0.5, 0.6) is 5.88 Å². The molecular formula is C15H19N5O3S. The number of fused-ring (bicyclic) bond motifs is 1. The van der Waals surface area contributed by atoms with Crippen LogP contribution in [0.2, 0.25) is 0 Å². The second-order valence-electron chi connectivity index (χ2n) is 5.86. The molecule has 0 aliphatic rings. The molecule has 0 aliphatic carbocycles. The lowest BCUT2D eigenvalue weighted by atomic mass is 10.0. The van der Waals surface area contributed by atoms with Crippen molar-refractivity contribution >= 4 is 15.8 Å². The Morgan fingerprint density at radius 1 is 1.04 bits per heavy atom. The summed E-state index contributed by atoms with van der Waals surface area (Å²) >= 11 is 0. The molecular weight excluding hydrogens is 330 g/mol. The number of hydrogen-bond donors (Lipinski definition) is 0. The quantitative estimate of drug-likeness (QED) is 0.669. The first-order valence-electron chi connectivity index (χ1n) is 7.39. The first-order chi connectivity index (χ1) is 11.1. The molecule has 0 spiro atoms. The van der Waals surface area contributed by atoms with Gasteiger partial charge in [-0.2, -0.15) is 8.42 Å². The Labute approximate surface area is 140 Å². The molecule has 0 fully saturated rings. The zero-order valence-electron chi connectivity index (χ0n) is 14.4. The molecule has 3 heterocycles. The predicted octanol–water partition coefficient (Wildman–Crippen LogP) is 1.77. The van der Waals surface area contributed by atoms with E-state index >= 15 is 0 Å². The van der Waals surface area contributed by atoms with Gasteiger partial charge in [-0.3, -0.25) is 9.08 Å². The minimum atomic E-state index is -4.13. The summed E-state index contributed by atoms with van der Waals surface area (Å²) in [5.41, 5.74) is 5.25. The smallest absolute Gasteiger partial charge is 0.355 e. The normalized spacial score (nSPS) is 12.1. The molecule has 24 heavy (non-hydrogen) atoms. The van der Waals surface area contributed by atoms with Crippen molar-refractivity contribution in [2.24, 2.45) is 7.05 Å². The number of hydrogen-bond acceptors (Lipinski definition) is 6. The minimum Gasteiger partial charge on any atom is -0.355 e. The van der Waals surface area contributed by atoms with Crippen molar-refractivity contribution in [3.8, 4) is 5.88 Å². The first-order valence-corrected chi connectivity index (χ1v) is 8.80. The fraction of sp³-hybridized carbons (Fsp3) is 0.400. The summed E-state index contributed by atoms with van der Waals surface area (Å²) in [6.45, 7) is 9.60. The first kappa shape index (κ1) is 16.4. The molecule has 0 unspecified atom stereocenters. The van der Waals surface area contributed by atoms with Gasteiger partial charge in [-0.25, -0.2) is 9.97 Å². The van der Waals surface area contributed by atoms with Gasteiger partial charge in [0.2, 0.25) is 5.88 Å². The summed E-state index contributed by atoms with van der Waals surface area (Å²) in [5.74, 6) is 0.168. The second kappa shape index (κ2) is 5.30. The Kier molecular flexibility index (Phi) is 3.63. The van der Waals surface area contributed by atoms with Crippen LogP contribution in [-0.2, 0) is 17.2 Å². The van der Waals surface area contributed by atoms with Crippen LogP contribution < -0.4 is 4.18 Å². The van der Waals surface area contributed by atoms with E-state index in [1.807, 2.05) is 27.7 Å². The van der Waals surface area contributed by atoms with Gasteiger partial charge >= 0.3 is 15.3 Å². The molecule has 3 aromatic heterocycles. The van der Waals surface area contributed by atoms with Gasteiger partial charge in [0.05, 0.1) is 0 Å². The Balaban J connectivity index is 2.22. The highest BCUT2D eigenvalue weighted by Gasteiger charge is 2.27. The predicted molar refractivity (Wildman–Crippen MR) is 87.7 cm³/mol. The van der Waals surface area contributed by atoms with E-state index in [4.69, 9.17) is 4.18 Å². The lowest BCUT2D eigenvalue weighted by molar-refractivity contribution is 0.461. The van der Waals surface area contributed by atoms with E-state index in [1.54, 1.807) is 18.4 Å². The SMILES string of the molecule is Cc1nc2c(C)c(C)c(C)c(C)n2c1OS(=O)(=O)c1ncn(C)n1. The maximum absolute atomic E-state index is 12.5. The van der Waals surface area contributed by atoms with Crippen molar-refractivity contribution in [3.05, 3.63) is 34.4 Å². The van der Waals surface area contributed by atoms with Gasteiger partial charge in [0, 0.05) is 12.7 Å². The third-order valence-electron chi connectivity index (χ3n) is 4.33. The summed E-state index contributed by atoms with van der Waals surface area (Å²) in [4.78, 5) is 8.24. The van der Waals surface area contributed by atoms with Crippen molar-refractivity contribution in [3.63, 3.8) is 0 Å². The average molecular weight is 349 g/mol. The standard InChI is InChI=1S/C15H19N5O3S/c1-8-9(2)12(5)20-13(10(8)3)17-11(4)14(20)23-24(21,22)15-16-7-19(6)18-15/h7H,1-6H3. The molecule has 3 aromatic rings. The van der Waals surface area contributed by atoms with E-state index in [0.717, 1.165) is 22.4 Å². The lowest BCUT2D eigenvalue weighted by Crippen LogP contribution is -2.14. The Morgan fingerprint density at radius 3 is 2.29 bits per heavy atom. The highest BCUT2D eigenvalue weighted by molar-refractivity contribution is 7.86. The zero-order chi connectivity index (χ0) is 17.8. The van der Waals surface area contributed by atoms with Crippen LogP contribution in [0.15, 0.2) is 11.5 Å². The van der Waals surface area contributed by atoms with E-state index in [2.05, 4.69) is 15.1 Å². The van der Waals surface area contributed by atoms with Crippen LogP contribution in [0.4, 0.5) is 0 Å². The van der Waals surface area contributed by atoms with E-state index in [0.29, 0.717) is 11.3 Å². The molecule has 0 saturated carbocycles. The number of imidazole rings is 1. The van der Waals surface area contributed by atoms with Crippen LogP contribution in [0.25, 0.3) is 5.65 Å². The molecule has 128 valence electrons. The number of nitrogens with zero attached hydrogens (tertiary/aromatic N) is 5. The fourth-order valence-electron chi connectivity index (χ4n) is 2.64. The Morgan fingerprint density at radius 2 is 1.71 bits per heavy atom. The molecule has 0 aromatic carbocycles. The summed E-state index contributed by atoms with van der Waals surface area (Å²) in [5, 5.41) is 3.43. The summed E-state index contributed by atoms with van der Waals surface area (Å²) in [6.07, 6.45) is 1.31. The van der Waals surface area contributed by atoms with Crippen molar-refractivity contribution in [1.82, 2.24) is 24.1 Å². The second-order valence-corrected chi connectivity index (χ2v) is 7.30. The maximum atomic E-state index is 12.5. The van der Waals surface area contributed by atoms with Crippen LogP contribution in [-0.4, -0.2) is 32.6 Å². The maximum Gasteiger partial charge on any atom is 0.378 e.